The number of nitrogens with zero attached hydrogens (tertiary/aromatic N) is 1. The van der Waals surface area contributed by atoms with E-state index in [0.717, 1.165) is 19.5 Å². The molecule has 1 fully saturated rings. The zero-order valence-electron chi connectivity index (χ0n) is 7.14. The van der Waals surface area contributed by atoms with Gasteiger partial charge in [-0.2, -0.15) is 18.4 Å². The molecule has 0 radical (unpaired) electrons. The molecule has 0 bridgehead atoms. The highest BCUT2D eigenvalue weighted by atomic mass is 19.4. The molecule has 2 N–H and O–H groups in total. The molecule has 0 aliphatic carbocycles. The lowest BCUT2D eigenvalue weighted by Crippen LogP contribution is -2.21. The minimum absolute atomic E-state index is 0.292. The Bertz CT molecular complexity index is 228. The first-order valence-corrected chi connectivity index (χ1v) is 3.78. The van der Waals surface area contributed by atoms with Gasteiger partial charge in [0.15, 0.2) is 0 Å². The molecule has 0 aromatic carbocycles. The molecular formula is C7H9F3N2O2. The number of hydrogen-bond acceptors (Lipinski definition) is 3. The van der Waals surface area contributed by atoms with Crippen molar-refractivity contribution in [2.45, 2.75) is 12.6 Å². The number of hydrogen-bond donors (Lipinski definition) is 2. The van der Waals surface area contributed by atoms with Crippen LogP contribution in [-0.2, 0) is 4.79 Å². The lowest BCUT2D eigenvalue weighted by Gasteiger charge is -1.93. The molecule has 1 aliphatic heterocycles. The molecule has 0 saturated carbocycles. The predicted octanol–water partition coefficient (Wildman–Crippen LogP) is 0.753. The highest BCUT2D eigenvalue weighted by molar-refractivity contribution is 5.73. The average Bonchev–Trinajstić information content (AvgIpc) is 2.54. The van der Waals surface area contributed by atoms with Crippen LogP contribution in [0.4, 0.5) is 13.2 Å². The summed E-state index contributed by atoms with van der Waals surface area (Å²) < 4.78 is 31.7. The number of carbonyl (C=O) groups is 1. The molecule has 1 atom stereocenters. The van der Waals surface area contributed by atoms with Gasteiger partial charge in [0.05, 0.1) is 12.0 Å². The van der Waals surface area contributed by atoms with E-state index in [0.29, 0.717) is 5.92 Å². The third-order valence-corrected chi connectivity index (χ3v) is 1.49. The maximum Gasteiger partial charge on any atom is 0.490 e. The molecular weight excluding hydrogens is 201 g/mol. The summed E-state index contributed by atoms with van der Waals surface area (Å²) in [6.07, 6.45) is -4.05. The summed E-state index contributed by atoms with van der Waals surface area (Å²) in [5, 5.41) is 18.5. The molecule has 0 aromatic rings. The Morgan fingerprint density at radius 2 is 2.07 bits per heavy atom. The SMILES string of the molecule is N#CC1CCNC1.O=C(O)C(F)(F)F. The largest absolute Gasteiger partial charge is 0.490 e. The van der Waals surface area contributed by atoms with Crippen LogP contribution in [0.15, 0.2) is 0 Å². The Balaban J connectivity index is 0.000000241. The second-order valence-electron chi connectivity index (χ2n) is 2.62. The second-order valence-corrected chi connectivity index (χ2v) is 2.62. The van der Waals surface area contributed by atoms with E-state index in [-0.39, 0.29) is 0 Å². The van der Waals surface area contributed by atoms with Gasteiger partial charge in [-0.1, -0.05) is 0 Å². The minimum Gasteiger partial charge on any atom is -0.475 e. The monoisotopic (exact) mass is 210 g/mol. The van der Waals surface area contributed by atoms with Gasteiger partial charge in [0.1, 0.15) is 0 Å². The summed E-state index contributed by atoms with van der Waals surface area (Å²) in [4.78, 5) is 8.90. The molecule has 0 spiro atoms. The summed E-state index contributed by atoms with van der Waals surface area (Å²) in [5.74, 6) is -2.47. The molecule has 4 nitrogen and oxygen atoms in total. The second kappa shape index (κ2) is 5.44. The van der Waals surface area contributed by atoms with Crippen molar-refractivity contribution in [3.8, 4) is 6.07 Å². The first kappa shape index (κ1) is 12.7. The Kier molecular flexibility index (Phi) is 4.94. The summed E-state index contributed by atoms with van der Waals surface area (Å²) in [6, 6.07) is 2.20. The fourth-order valence-electron chi connectivity index (χ4n) is 0.765. The van der Waals surface area contributed by atoms with E-state index in [2.05, 4.69) is 11.4 Å². The predicted molar refractivity (Wildman–Crippen MR) is 40.3 cm³/mol. The van der Waals surface area contributed by atoms with Gasteiger partial charge in [-0.3, -0.25) is 0 Å². The number of nitrogens with one attached hydrogen (secondary N) is 1. The van der Waals surface area contributed by atoms with Gasteiger partial charge < -0.3 is 10.4 Å². The number of rotatable bonds is 0. The molecule has 7 heteroatoms. The van der Waals surface area contributed by atoms with E-state index in [1.807, 2.05) is 0 Å². The topological polar surface area (TPSA) is 73.1 Å². The summed E-state index contributed by atoms with van der Waals surface area (Å²) in [7, 11) is 0. The number of nitriles is 1. The van der Waals surface area contributed by atoms with E-state index >= 15 is 0 Å². The third kappa shape index (κ3) is 5.37. The fourth-order valence-corrected chi connectivity index (χ4v) is 0.765. The minimum atomic E-state index is -5.08. The Morgan fingerprint density at radius 3 is 2.21 bits per heavy atom. The maximum absolute atomic E-state index is 10.6. The Morgan fingerprint density at radius 1 is 1.57 bits per heavy atom. The normalized spacial score (nSPS) is 20.6. The molecule has 1 heterocycles. The van der Waals surface area contributed by atoms with Crippen LogP contribution in [0.3, 0.4) is 0 Å². The van der Waals surface area contributed by atoms with E-state index in [1.165, 1.54) is 0 Å². The molecule has 80 valence electrons. The van der Waals surface area contributed by atoms with Crippen molar-refractivity contribution >= 4 is 5.97 Å². The van der Waals surface area contributed by atoms with Gasteiger partial charge in [-0.25, -0.2) is 4.79 Å². The molecule has 1 rings (SSSR count). The van der Waals surface area contributed by atoms with Crippen LogP contribution >= 0.6 is 0 Å². The smallest absolute Gasteiger partial charge is 0.475 e. The van der Waals surface area contributed by atoms with Crippen LogP contribution in [0.25, 0.3) is 0 Å². The van der Waals surface area contributed by atoms with Crippen molar-refractivity contribution in [2.24, 2.45) is 5.92 Å². The van der Waals surface area contributed by atoms with Crippen LogP contribution in [0, 0.1) is 17.2 Å². The van der Waals surface area contributed by atoms with Gasteiger partial charge in [-0.15, -0.1) is 0 Å². The fraction of sp³-hybridized carbons (Fsp3) is 0.714. The number of aliphatic carboxylic acids is 1. The van der Waals surface area contributed by atoms with Gasteiger partial charge in [0.25, 0.3) is 0 Å². The van der Waals surface area contributed by atoms with Crippen molar-refractivity contribution in [3.63, 3.8) is 0 Å². The molecule has 0 amide bonds. The van der Waals surface area contributed by atoms with Gasteiger partial charge in [0.2, 0.25) is 0 Å². The third-order valence-electron chi connectivity index (χ3n) is 1.49. The van der Waals surface area contributed by atoms with Crippen molar-refractivity contribution in [3.05, 3.63) is 0 Å². The van der Waals surface area contributed by atoms with Crippen LogP contribution in [-0.4, -0.2) is 30.3 Å². The molecule has 1 unspecified atom stereocenters. The quantitative estimate of drug-likeness (QED) is 0.618. The Hall–Kier alpha value is -1.29. The van der Waals surface area contributed by atoms with Crippen molar-refractivity contribution in [1.82, 2.24) is 5.32 Å². The molecule has 14 heavy (non-hydrogen) atoms. The van der Waals surface area contributed by atoms with Crippen LogP contribution in [0.5, 0.6) is 0 Å². The Labute approximate surface area is 78.3 Å². The van der Waals surface area contributed by atoms with Crippen molar-refractivity contribution in [1.29, 1.82) is 5.26 Å². The zero-order chi connectivity index (χ0) is 11.2. The van der Waals surface area contributed by atoms with E-state index in [4.69, 9.17) is 15.2 Å². The molecule has 1 saturated heterocycles. The first-order valence-electron chi connectivity index (χ1n) is 3.78. The summed E-state index contributed by atoms with van der Waals surface area (Å²) in [6.45, 7) is 1.93. The maximum atomic E-state index is 10.6. The van der Waals surface area contributed by atoms with E-state index in [9.17, 15) is 13.2 Å². The lowest BCUT2D eigenvalue weighted by molar-refractivity contribution is -0.192. The van der Waals surface area contributed by atoms with Gasteiger partial charge >= 0.3 is 12.1 Å². The van der Waals surface area contributed by atoms with Gasteiger partial charge in [0, 0.05) is 6.54 Å². The van der Waals surface area contributed by atoms with E-state index < -0.39 is 12.1 Å². The average molecular weight is 210 g/mol. The highest BCUT2D eigenvalue weighted by Crippen LogP contribution is 2.13. The standard InChI is InChI=1S/C5H8N2.C2HF3O2/c6-3-5-1-2-7-4-5;3-2(4,5)1(6)7/h5,7H,1-2,4H2;(H,6,7). The van der Waals surface area contributed by atoms with E-state index in [1.54, 1.807) is 0 Å². The highest BCUT2D eigenvalue weighted by Gasteiger charge is 2.38. The lowest BCUT2D eigenvalue weighted by atomic mass is 10.2. The molecule has 0 aromatic heterocycles. The van der Waals surface area contributed by atoms with Crippen molar-refractivity contribution in [2.75, 3.05) is 13.1 Å². The van der Waals surface area contributed by atoms with Crippen molar-refractivity contribution < 1.29 is 23.1 Å². The first-order chi connectivity index (χ1) is 6.38. The van der Waals surface area contributed by atoms with Crippen LogP contribution in [0.1, 0.15) is 6.42 Å². The summed E-state index contributed by atoms with van der Waals surface area (Å²) >= 11 is 0. The number of alkyl halides is 3. The summed E-state index contributed by atoms with van der Waals surface area (Å²) in [5.41, 5.74) is 0. The van der Waals surface area contributed by atoms with Gasteiger partial charge in [-0.05, 0) is 13.0 Å². The van der Waals surface area contributed by atoms with Crippen LogP contribution in [0.2, 0.25) is 0 Å². The zero-order valence-corrected chi connectivity index (χ0v) is 7.14. The number of carboxylic acid groups (broad SMARTS) is 1. The van der Waals surface area contributed by atoms with Crippen LogP contribution < -0.4 is 5.32 Å². The number of carboxylic acids is 1. The number of halogens is 3. The molecule has 1 aliphatic rings.